The smallest absolute Gasteiger partial charge is 0.455 e. The molecule has 2 heterocycles. The van der Waals surface area contributed by atoms with Gasteiger partial charge in [0.2, 0.25) is 11.8 Å². The number of phenols is 1. The number of aromatic hydroxyl groups is 1. The third kappa shape index (κ3) is 4.74. The standard InChI is InChI=1S/C31H36BNO5/c1-5-21(16-22-13-19(3)29(34)20(4)14-22)11-12-26-27-18(2)15-24-28(25(27)17-32(37)38-26)31(36)33(30(24)35)23-9-7-6-8-10-23/h6-10,13-14,16,24-26,28,34,37H,5,11-12,15,17H2,1-4H3/b21-16+/t24-,25+,26-,28-/m1/s1. The molecule has 0 aromatic heterocycles. The summed E-state index contributed by atoms with van der Waals surface area (Å²) in [4.78, 5) is 28.4. The van der Waals surface area contributed by atoms with Crippen molar-refractivity contribution in [1.29, 1.82) is 0 Å². The number of rotatable bonds is 6. The van der Waals surface area contributed by atoms with Crippen LogP contribution in [0.15, 0.2) is 59.2 Å². The molecule has 38 heavy (non-hydrogen) atoms. The molecule has 2 fully saturated rings. The Balaban J connectivity index is 1.39. The molecule has 2 aromatic carbocycles. The molecule has 5 rings (SSSR count). The average molecular weight is 513 g/mol. The molecule has 0 saturated carbocycles. The zero-order valence-corrected chi connectivity index (χ0v) is 22.6. The fraction of sp³-hybridized carbons (Fsp3) is 0.419. The molecule has 198 valence electrons. The van der Waals surface area contributed by atoms with Crippen LogP contribution < -0.4 is 4.90 Å². The van der Waals surface area contributed by atoms with E-state index >= 15 is 0 Å². The van der Waals surface area contributed by atoms with E-state index < -0.39 is 19.0 Å². The van der Waals surface area contributed by atoms with Gasteiger partial charge in [-0.15, -0.1) is 0 Å². The Morgan fingerprint density at radius 3 is 2.42 bits per heavy atom. The summed E-state index contributed by atoms with van der Waals surface area (Å²) in [5, 5.41) is 20.8. The molecule has 0 unspecified atom stereocenters. The van der Waals surface area contributed by atoms with Crippen LogP contribution in [0.25, 0.3) is 6.08 Å². The van der Waals surface area contributed by atoms with Crippen LogP contribution in [0.2, 0.25) is 6.32 Å². The number of phenolic OH excluding ortho intramolecular Hbond substituents is 1. The lowest BCUT2D eigenvalue weighted by molar-refractivity contribution is -0.122. The molecule has 7 heteroatoms. The third-order valence-electron chi connectivity index (χ3n) is 8.53. The van der Waals surface area contributed by atoms with Crippen molar-refractivity contribution in [3.8, 4) is 5.75 Å². The van der Waals surface area contributed by atoms with Crippen molar-refractivity contribution in [2.75, 3.05) is 4.90 Å². The van der Waals surface area contributed by atoms with Crippen LogP contribution in [0.1, 0.15) is 56.2 Å². The summed E-state index contributed by atoms with van der Waals surface area (Å²) in [5.74, 6) is -1.04. The second kappa shape index (κ2) is 10.5. The number of hydrogen-bond acceptors (Lipinski definition) is 5. The lowest BCUT2D eigenvalue weighted by Gasteiger charge is -2.42. The van der Waals surface area contributed by atoms with Crippen LogP contribution in [-0.4, -0.2) is 35.2 Å². The molecular formula is C31H36BNO5. The molecule has 2 aliphatic heterocycles. The Morgan fingerprint density at radius 1 is 1.08 bits per heavy atom. The normalized spacial score (nSPS) is 25.7. The summed E-state index contributed by atoms with van der Waals surface area (Å²) in [5.41, 5.74) is 6.83. The topological polar surface area (TPSA) is 87.1 Å². The maximum Gasteiger partial charge on any atom is 0.455 e. The highest BCUT2D eigenvalue weighted by Gasteiger charge is 2.57. The number of nitrogens with zero attached hydrogens (tertiary/aromatic N) is 1. The van der Waals surface area contributed by atoms with Gasteiger partial charge in [0.05, 0.1) is 23.6 Å². The van der Waals surface area contributed by atoms with Crippen molar-refractivity contribution in [1.82, 2.24) is 0 Å². The largest absolute Gasteiger partial charge is 0.507 e. The van der Waals surface area contributed by atoms with E-state index in [1.54, 1.807) is 12.1 Å². The number of hydrogen-bond donors (Lipinski definition) is 2. The highest BCUT2D eigenvalue weighted by Crippen LogP contribution is 2.51. The van der Waals surface area contributed by atoms with E-state index in [-0.39, 0.29) is 23.8 Å². The number of para-hydroxylation sites is 1. The summed E-state index contributed by atoms with van der Waals surface area (Å²) in [7, 11) is -0.967. The van der Waals surface area contributed by atoms with Crippen LogP contribution in [0, 0.1) is 31.6 Å². The number of imide groups is 1. The zero-order valence-electron chi connectivity index (χ0n) is 22.6. The van der Waals surface area contributed by atoms with Gasteiger partial charge in [-0.3, -0.25) is 14.5 Å². The molecule has 2 saturated heterocycles. The summed E-state index contributed by atoms with van der Waals surface area (Å²) >= 11 is 0. The summed E-state index contributed by atoms with van der Waals surface area (Å²) in [6.45, 7) is 7.99. The van der Waals surface area contributed by atoms with Crippen LogP contribution in [0.4, 0.5) is 5.69 Å². The minimum Gasteiger partial charge on any atom is -0.507 e. The minimum atomic E-state index is -0.967. The fourth-order valence-electron chi connectivity index (χ4n) is 6.73. The number of amides is 2. The van der Waals surface area contributed by atoms with Gasteiger partial charge in [0, 0.05) is 0 Å². The van der Waals surface area contributed by atoms with Crippen molar-refractivity contribution >= 4 is 30.7 Å². The molecule has 3 aliphatic rings. The van der Waals surface area contributed by atoms with Gasteiger partial charge in [-0.2, -0.15) is 0 Å². The molecule has 6 nitrogen and oxygen atoms in total. The number of fused-ring (bicyclic) bond motifs is 3. The molecule has 2 aromatic rings. The predicted molar refractivity (Wildman–Crippen MR) is 149 cm³/mol. The number of carbonyl (C=O) groups excluding carboxylic acids is 2. The lowest BCUT2D eigenvalue weighted by Crippen LogP contribution is -2.46. The summed E-state index contributed by atoms with van der Waals surface area (Å²) < 4.78 is 6.07. The van der Waals surface area contributed by atoms with Crippen molar-refractivity contribution in [2.45, 2.75) is 65.8 Å². The molecule has 0 bridgehead atoms. The van der Waals surface area contributed by atoms with E-state index in [0.717, 1.165) is 40.7 Å². The molecule has 0 radical (unpaired) electrons. The van der Waals surface area contributed by atoms with E-state index in [1.807, 2.05) is 51.1 Å². The maximum absolute atomic E-state index is 13.7. The SMILES string of the molecule is CC/C(=C\c1cc(C)c(O)c(C)c1)CC[C@H]1OB(O)C[C@H]2C1=C(C)C[C@H]1C(=O)N(c3ccccc3)C(=O)[C@H]12. The van der Waals surface area contributed by atoms with Gasteiger partial charge >= 0.3 is 7.12 Å². The quantitative estimate of drug-likeness (QED) is 0.298. The van der Waals surface area contributed by atoms with Gasteiger partial charge < -0.3 is 14.8 Å². The van der Waals surface area contributed by atoms with Crippen LogP contribution in [-0.2, 0) is 14.2 Å². The first-order chi connectivity index (χ1) is 18.2. The monoisotopic (exact) mass is 513 g/mol. The highest BCUT2D eigenvalue weighted by molar-refractivity contribution is 6.43. The highest BCUT2D eigenvalue weighted by atomic mass is 16.5. The van der Waals surface area contributed by atoms with E-state index in [4.69, 9.17) is 4.65 Å². The Hall–Kier alpha value is -3.16. The van der Waals surface area contributed by atoms with Crippen LogP contribution >= 0.6 is 0 Å². The molecule has 2 amide bonds. The van der Waals surface area contributed by atoms with Gasteiger partial charge in [-0.25, -0.2) is 0 Å². The molecule has 1 aliphatic carbocycles. The van der Waals surface area contributed by atoms with Gasteiger partial charge in [-0.1, -0.05) is 42.3 Å². The summed E-state index contributed by atoms with van der Waals surface area (Å²) in [6, 6.07) is 13.1. The number of carbonyl (C=O) groups is 2. The van der Waals surface area contributed by atoms with Crippen LogP contribution in [0.5, 0.6) is 5.75 Å². The first-order valence-corrected chi connectivity index (χ1v) is 13.6. The Bertz CT molecular complexity index is 1290. The van der Waals surface area contributed by atoms with Crippen molar-refractivity contribution in [3.63, 3.8) is 0 Å². The van der Waals surface area contributed by atoms with Gasteiger partial charge in [0.1, 0.15) is 5.75 Å². The molecule has 4 atom stereocenters. The minimum absolute atomic E-state index is 0.141. The summed E-state index contributed by atoms with van der Waals surface area (Å²) in [6.07, 6.45) is 5.10. The first kappa shape index (κ1) is 26.5. The van der Waals surface area contributed by atoms with Crippen molar-refractivity contribution in [2.24, 2.45) is 17.8 Å². The van der Waals surface area contributed by atoms with Crippen molar-refractivity contribution < 1.29 is 24.4 Å². The van der Waals surface area contributed by atoms with E-state index in [1.165, 1.54) is 10.5 Å². The van der Waals surface area contributed by atoms with Gasteiger partial charge in [0.15, 0.2) is 0 Å². The van der Waals surface area contributed by atoms with Gasteiger partial charge in [0.25, 0.3) is 0 Å². The Morgan fingerprint density at radius 2 is 1.76 bits per heavy atom. The second-order valence-corrected chi connectivity index (χ2v) is 11.0. The number of benzene rings is 2. The molecule has 2 N–H and O–H groups in total. The third-order valence-corrected chi connectivity index (χ3v) is 8.53. The first-order valence-electron chi connectivity index (χ1n) is 13.6. The molecule has 0 spiro atoms. The average Bonchev–Trinajstić information content (AvgIpc) is 3.14. The Labute approximate surface area is 225 Å². The Kier molecular flexibility index (Phi) is 7.34. The predicted octanol–water partition coefficient (Wildman–Crippen LogP) is 5.60. The molecular weight excluding hydrogens is 477 g/mol. The van der Waals surface area contributed by atoms with Crippen molar-refractivity contribution in [3.05, 3.63) is 75.9 Å². The fourth-order valence-corrected chi connectivity index (χ4v) is 6.73. The number of anilines is 1. The zero-order chi connectivity index (χ0) is 27.1. The van der Waals surface area contributed by atoms with E-state index in [0.29, 0.717) is 30.6 Å². The van der Waals surface area contributed by atoms with Crippen LogP contribution in [0.3, 0.4) is 0 Å². The maximum atomic E-state index is 13.7. The van der Waals surface area contributed by atoms with Gasteiger partial charge in [-0.05, 0) is 105 Å². The number of aryl methyl sites for hydroxylation is 2. The van der Waals surface area contributed by atoms with E-state index in [2.05, 4.69) is 13.0 Å². The van der Waals surface area contributed by atoms with E-state index in [9.17, 15) is 19.7 Å². The lowest BCUT2D eigenvalue weighted by atomic mass is 9.59. The second-order valence-electron chi connectivity index (χ2n) is 11.0. The number of allylic oxidation sites excluding steroid dienone is 2.